The van der Waals surface area contributed by atoms with Gasteiger partial charge in [-0.2, -0.15) is 0 Å². The lowest BCUT2D eigenvalue weighted by Gasteiger charge is -2.09. The summed E-state index contributed by atoms with van der Waals surface area (Å²) in [6.07, 6.45) is 0.244. The van der Waals surface area contributed by atoms with E-state index in [1.54, 1.807) is 0 Å². The zero-order valence-electron chi connectivity index (χ0n) is 8.81. The van der Waals surface area contributed by atoms with E-state index < -0.39 is 6.04 Å². The number of ketones is 1. The molecule has 1 aromatic rings. The fourth-order valence-corrected chi connectivity index (χ4v) is 1.61. The number of hydrogen-bond acceptors (Lipinski definition) is 4. The molecule has 1 aromatic carbocycles. The number of carbonyl (C=O) groups excluding carboxylic acids is 2. The van der Waals surface area contributed by atoms with Gasteiger partial charge in [0.15, 0.2) is 0 Å². The van der Waals surface area contributed by atoms with Crippen LogP contribution in [0, 0.1) is 0 Å². The number of nitrogens with one attached hydrogen (secondary N) is 1. The third-order valence-corrected chi connectivity index (χ3v) is 2.49. The third kappa shape index (κ3) is 2.67. The molecule has 84 valence electrons. The van der Waals surface area contributed by atoms with Crippen molar-refractivity contribution in [3.63, 3.8) is 0 Å². The maximum Gasteiger partial charge on any atom is 0.323 e. The standard InChI is InChI=1S/C12H13NO3/c14-10-6-11(13-7-10)12(15)16-8-9-4-2-1-3-5-9/h1-5,11,13H,6-8H2/t11-/m0/s1. The van der Waals surface area contributed by atoms with E-state index in [4.69, 9.17) is 4.74 Å². The molecule has 1 aliphatic heterocycles. The highest BCUT2D eigenvalue weighted by Gasteiger charge is 2.28. The molecule has 0 amide bonds. The third-order valence-electron chi connectivity index (χ3n) is 2.49. The Morgan fingerprint density at radius 2 is 2.12 bits per heavy atom. The van der Waals surface area contributed by atoms with Crippen molar-refractivity contribution in [1.29, 1.82) is 0 Å². The molecule has 4 nitrogen and oxygen atoms in total. The molecule has 0 saturated carbocycles. The Hall–Kier alpha value is -1.68. The molecule has 4 heteroatoms. The minimum absolute atomic E-state index is 0.0571. The van der Waals surface area contributed by atoms with Crippen LogP contribution in [0.3, 0.4) is 0 Å². The Kier molecular flexibility index (Phi) is 3.31. The Bertz CT molecular complexity index is 389. The molecule has 1 saturated heterocycles. The van der Waals surface area contributed by atoms with Gasteiger partial charge in [0.2, 0.25) is 0 Å². The molecule has 0 aliphatic carbocycles. The molecular formula is C12H13NO3. The normalized spacial score (nSPS) is 19.8. The molecule has 1 atom stereocenters. The number of hydrogen-bond donors (Lipinski definition) is 1. The fourth-order valence-electron chi connectivity index (χ4n) is 1.61. The van der Waals surface area contributed by atoms with E-state index in [9.17, 15) is 9.59 Å². The molecule has 0 radical (unpaired) electrons. The van der Waals surface area contributed by atoms with Crippen LogP contribution in [0.25, 0.3) is 0 Å². The van der Waals surface area contributed by atoms with Crippen molar-refractivity contribution in [3.05, 3.63) is 35.9 Å². The molecule has 0 aromatic heterocycles. The highest BCUT2D eigenvalue weighted by Crippen LogP contribution is 2.06. The average molecular weight is 219 g/mol. The Morgan fingerprint density at radius 1 is 1.38 bits per heavy atom. The lowest BCUT2D eigenvalue weighted by atomic mass is 10.2. The number of ether oxygens (including phenoxy) is 1. The van der Waals surface area contributed by atoms with Gasteiger partial charge in [-0.3, -0.25) is 14.9 Å². The van der Waals surface area contributed by atoms with E-state index in [-0.39, 0.29) is 31.3 Å². The summed E-state index contributed by atoms with van der Waals surface area (Å²) in [7, 11) is 0. The van der Waals surface area contributed by atoms with Crippen molar-refractivity contribution < 1.29 is 14.3 Å². The Labute approximate surface area is 93.6 Å². The topological polar surface area (TPSA) is 55.4 Å². The van der Waals surface area contributed by atoms with Gasteiger partial charge in [-0.05, 0) is 5.56 Å². The monoisotopic (exact) mass is 219 g/mol. The predicted octanol–water partition coefficient (Wildman–Crippen LogP) is 0.661. The molecule has 1 heterocycles. The van der Waals surface area contributed by atoms with Crippen molar-refractivity contribution in [1.82, 2.24) is 5.32 Å². The second-order valence-corrected chi connectivity index (χ2v) is 3.77. The van der Waals surface area contributed by atoms with Crippen LogP contribution < -0.4 is 5.32 Å². The number of Topliss-reactive ketones (excluding diaryl/α,β-unsaturated/α-hetero) is 1. The molecule has 0 unspecified atom stereocenters. The van der Waals surface area contributed by atoms with Crippen molar-refractivity contribution in [2.24, 2.45) is 0 Å². The molecule has 1 fully saturated rings. The van der Waals surface area contributed by atoms with E-state index in [0.717, 1.165) is 5.56 Å². The molecule has 1 aliphatic rings. The SMILES string of the molecule is O=C1CN[C@H](C(=O)OCc2ccccc2)C1. The van der Waals surface area contributed by atoms with E-state index >= 15 is 0 Å². The zero-order valence-corrected chi connectivity index (χ0v) is 8.81. The summed E-state index contributed by atoms with van der Waals surface area (Å²) in [6, 6.07) is 9.00. The summed E-state index contributed by atoms with van der Waals surface area (Å²) in [5.41, 5.74) is 0.945. The first-order chi connectivity index (χ1) is 7.75. The summed E-state index contributed by atoms with van der Waals surface area (Å²) in [5, 5.41) is 2.82. The van der Waals surface area contributed by atoms with Crippen LogP contribution in [0.1, 0.15) is 12.0 Å². The zero-order chi connectivity index (χ0) is 11.4. The molecule has 1 N–H and O–H groups in total. The summed E-state index contributed by atoms with van der Waals surface area (Å²) in [4.78, 5) is 22.5. The predicted molar refractivity (Wildman–Crippen MR) is 57.7 cm³/mol. The average Bonchev–Trinajstić information content (AvgIpc) is 2.74. The van der Waals surface area contributed by atoms with Gasteiger partial charge in [-0.1, -0.05) is 30.3 Å². The van der Waals surface area contributed by atoms with Gasteiger partial charge in [-0.25, -0.2) is 0 Å². The van der Waals surface area contributed by atoms with Gasteiger partial charge < -0.3 is 4.74 Å². The van der Waals surface area contributed by atoms with E-state index in [0.29, 0.717) is 0 Å². The summed E-state index contributed by atoms with van der Waals surface area (Å²) in [5.74, 6) is -0.295. The Balaban J connectivity index is 1.82. The van der Waals surface area contributed by atoms with Gasteiger partial charge in [0.25, 0.3) is 0 Å². The van der Waals surface area contributed by atoms with Crippen molar-refractivity contribution in [2.75, 3.05) is 6.54 Å². The van der Waals surface area contributed by atoms with Crippen LogP contribution in [0.5, 0.6) is 0 Å². The molecule has 0 spiro atoms. The molecule has 16 heavy (non-hydrogen) atoms. The lowest BCUT2D eigenvalue weighted by molar-refractivity contribution is -0.147. The fraction of sp³-hybridized carbons (Fsp3) is 0.333. The summed E-state index contributed by atoms with van der Waals surface area (Å²) < 4.78 is 5.11. The number of benzene rings is 1. The van der Waals surface area contributed by atoms with Crippen LogP contribution in [-0.2, 0) is 20.9 Å². The smallest absolute Gasteiger partial charge is 0.323 e. The van der Waals surface area contributed by atoms with Crippen molar-refractivity contribution in [2.45, 2.75) is 19.1 Å². The number of carbonyl (C=O) groups is 2. The van der Waals surface area contributed by atoms with E-state index in [1.165, 1.54) is 0 Å². The second kappa shape index (κ2) is 4.90. The molecular weight excluding hydrogens is 206 g/mol. The highest BCUT2D eigenvalue weighted by atomic mass is 16.5. The summed E-state index contributed by atoms with van der Waals surface area (Å²) in [6.45, 7) is 0.525. The van der Waals surface area contributed by atoms with Gasteiger partial charge >= 0.3 is 5.97 Å². The summed E-state index contributed by atoms with van der Waals surface area (Å²) >= 11 is 0. The van der Waals surface area contributed by atoms with Crippen LogP contribution >= 0.6 is 0 Å². The second-order valence-electron chi connectivity index (χ2n) is 3.77. The highest BCUT2D eigenvalue weighted by molar-refractivity contribution is 5.91. The first-order valence-electron chi connectivity index (χ1n) is 5.21. The Morgan fingerprint density at radius 3 is 2.75 bits per heavy atom. The first-order valence-corrected chi connectivity index (χ1v) is 5.21. The van der Waals surface area contributed by atoms with Crippen LogP contribution in [0.4, 0.5) is 0 Å². The van der Waals surface area contributed by atoms with Gasteiger partial charge in [0, 0.05) is 6.42 Å². The lowest BCUT2D eigenvalue weighted by Crippen LogP contribution is -2.32. The van der Waals surface area contributed by atoms with Crippen LogP contribution in [0.2, 0.25) is 0 Å². The van der Waals surface area contributed by atoms with Gasteiger partial charge in [-0.15, -0.1) is 0 Å². The van der Waals surface area contributed by atoms with E-state index in [2.05, 4.69) is 5.32 Å². The number of esters is 1. The maximum absolute atomic E-state index is 11.5. The molecule has 2 rings (SSSR count). The first kappa shape index (κ1) is 10.8. The van der Waals surface area contributed by atoms with Crippen LogP contribution in [-0.4, -0.2) is 24.3 Å². The largest absolute Gasteiger partial charge is 0.460 e. The quantitative estimate of drug-likeness (QED) is 0.759. The number of rotatable bonds is 3. The van der Waals surface area contributed by atoms with Crippen LogP contribution in [0.15, 0.2) is 30.3 Å². The minimum atomic E-state index is -0.462. The van der Waals surface area contributed by atoms with Crippen molar-refractivity contribution in [3.8, 4) is 0 Å². The van der Waals surface area contributed by atoms with Gasteiger partial charge in [0.1, 0.15) is 18.4 Å². The van der Waals surface area contributed by atoms with Crippen molar-refractivity contribution >= 4 is 11.8 Å². The van der Waals surface area contributed by atoms with E-state index in [1.807, 2.05) is 30.3 Å². The minimum Gasteiger partial charge on any atom is -0.460 e. The van der Waals surface area contributed by atoms with Gasteiger partial charge in [0.05, 0.1) is 6.54 Å². The molecule has 0 bridgehead atoms. The maximum atomic E-state index is 11.5.